The van der Waals surface area contributed by atoms with Crippen LogP contribution in [0.4, 0.5) is 5.69 Å². The molecule has 20 heavy (non-hydrogen) atoms. The van der Waals surface area contributed by atoms with Crippen LogP contribution < -0.4 is 5.32 Å². The van der Waals surface area contributed by atoms with E-state index in [9.17, 15) is 4.79 Å². The van der Waals surface area contributed by atoms with Crippen molar-refractivity contribution < 1.29 is 4.79 Å². The van der Waals surface area contributed by atoms with Crippen molar-refractivity contribution in [2.45, 2.75) is 41.5 Å². The zero-order valence-electron chi connectivity index (χ0n) is 13.4. The predicted octanol–water partition coefficient (Wildman–Crippen LogP) is 4.48. The maximum absolute atomic E-state index is 12.5. The van der Waals surface area contributed by atoms with Crippen molar-refractivity contribution in [1.29, 1.82) is 0 Å². The van der Waals surface area contributed by atoms with E-state index in [4.69, 9.17) is 0 Å². The minimum atomic E-state index is 0.0694. The summed E-state index contributed by atoms with van der Waals surface area (Å²) in [5.41, 5.74) is 4.62. The summed E-state index contributed by atoms with van der Waals surface area (Å²) < 4.78 is 0. The SMILES string of the molecule is CC(C)=C[C@H]1[C@@H](C(=O)Nc2ccc(C)cc2C)C1(C)C. The van der Waals surface area contributed by atoms with Gasteiger partial charge in [-0.15, -0.1) is 0 Å². The number of rotatable bonds is 3. The largest absolute Gasteiger partial charge is 0.326 e. The van der Waals surface area contributed by atoms with E-state index in [2.05, 4.69) is 52.1 Å². The van der Waals surface area contributed by atoms with Gasteiger partial charge < -0.3 is 5.32 Å². The topological polar surface area (TPSA) is 29.1 Å². The van der Waals surface area contributed by atoms with Crippen molar-refractivity contribution in [3.05, 3.63) is 41.0 Å². The van der Waals surface area contributed by atoms with Crippen molar-refractivity contribution in [3.63, 3.8) is 0 Å². The normalized spacial score (nSPS) is 23.1. The number of nitrogens with one attached hydrogen (secondary N) is 1. The van der Waals surface area contributed by atoms with E-state index in [1.54, 1.807) is 0 Å². The summed E-state index contributed by atoms with van der Waals surface area (Å²) in [5, 5.41) is 3.09. The quantitative estimate of drug-likeness (QED) is 0.807. The summed E-state index contributed by atoms with van der Waals surface area (Å²) in [6, 6.07) is 6.13. The molecule has 0 aliphatic heterocycles. The Bertz CT molecular complexity index is 565. The van der Waals surface area contributed by atoms with Gasteiger partial charge in [0.05, 0.1) is 5.92 Å². The lowest BCUT2D eigenvalue weighted by molar-refractivity contribution is -0.118. The van der Waals surface area contributed by atoms with E-state index in [1.165, 1.54) is 11.1 Å². The molecule has 1 saturated carbocycles. The summed E-state index contributed by atoms with van der Waals surface area (Å²) in [6.45, 7) is 12.6. The van der Waals surface area contributed by atoms with Crippen LogP contribution in [0, 0.1) is 31.1 Å². The summed E-state index contributed by atoms with van der Waals surface area (Å²) in [7, 11) is 0. The average Bonchev–Trinajstić information content (AvgIpc) is 2.83. The number of hydrogen-bond acceptors (Lipinski definition) is 1. The molecule has 2 rings (SSSR count). The first kappa shape index (κ1) is 14.8. The highest BCUT2D eigenvalue weighted by Gasteiger charge is 2.60. The first-order valence-electron chi connectivity index (χ1n) is 7.26. The minimum Gasteiger partial charge on any atom is -0.326 e. The molecular weight excluding hydrogens is 246 g/mol. The predicted molar refractivity (Wildman–Crippen MR) is 84.7 cm³/mol. The number of carbonyl (C=O) groups is 1. The van der Waals surface area contributed by atoms with Gasteiger partial charge >= 0.3 is 0 Å². The number of hydrogen-bond donors (Lipinski definition) is 1. The first-order chi connectivity index (χ1) is 9.23. The second kappa shape index (κ2) is 5.08. The van der Waals surface area contributed by atoms with Crippen LogP contribution in [-0.2, 0) is 4.79 Å². The van der Waals surface area contributed by atoms with Crippen LogP contribution in [0.1, 0.15) is 38.8 Å². The highest BCUT2D eigenvalue weighted by Crippen LogP contribution is 2.59. The van der Waals surface area contributed by atoms with Gasteiger partial charge in [-0.3, -0.25) is 4.79 Å². The Morgan fingerprint density at radius 3 is 2.45 bits per heavy atom. The lowest BCUT2D eigenvalue weighted by Gasteiger charge is -2.09. The van der Waals surface area contributed by atoms with E-state index in [1.807, 2.05) is 19.1 Å². The van der Waals surface area contributed by atoms with E-state index in [0.29, 0.717) is 5.92 Å². The molecule has 0 saturated heterocycles. The van der Waals surface area contributed by atoms with E-state index in [-0.39, 0.29) is 17.2 Å². The monoisotopic (exact) mass is 271 g/mol. The summed E-state index contributed by atoms with van der Waals surface area (Å²) in [5.74, 6) is 0.584. The zero-order chi connectivity index (χ0) is 15.1. The molecule has 2 atom stereocenters. The molecule has 108 valence electrons. The zero-order valence-corrected chi connectivity index (χ0v) is 13.4. The second-order valence-electron chi connectivity index (χ2n) is 6.88. The van der Waals surface area contributed by atoms with E-state index < -0.39 is 0 Å². The third kappa shape index (κ3) is 2.79. The Kier molecular flexibility index (Phi) is 3.77. The molecule has 0 bridgehead atoms. The summed E-state index contributed by atoms with van der Waals surface area (Å²) >= 11 is 0. The van der Waals surface area contributed by atoms with Gasteiger partial charge in [0.25, 0.3) is 0 Å². The van der Waals surface area contributed by atoms with Gasteiger partial charge in [0.1, 0.15) is 0 Å². The molecule has 1 aliphatic carbocycles. The van der Waals surface area contributed by atoms with Gasteiger partial charge in [-0.1, -0.05) is 43.2 Å². The van der Waals surface area contributed by atoms with Gasteiger partial charge in [0.2, 0.25) is 5.91 Å². The van der Waals surface area contributed by atoms with Crippen molar-refractivity contribution in [1.82, 2.24) is 0 Å². The maximum Gasteiger partial charge on any atom is 0.228 e. The van der Waals surface area contributed by atoms with Gasteiger partial charge in [-0.05, 0) is 50.7 Å². The molecule has 0 heterocycles. The van der Waals surface area contributed by atoms with Crippen LogP contribution in [0.5, 0.6) is 0 Å². The standard InChI is InChI=1S/C18H25NO/c1-11(2)9-14-16(18(14,5)6)17(20)19-15-8-7-12(3)10-13(15)4/h7-10,14,16H,1-6H3,(H,19,20)/t14-,16-/m0/s1. The molecule has 1 aromatic carbocycles. The van der Waals surface area contributed by atoms with Crippen LogP contribution in [0.2, 0.25) is 0 Å². The number of amides is 1. The highest BCUT2D eigenvalue weighted by molar-refractivity contribution is 5.96. The molecule has 1 N–H and O–H groups in total. The van der Waals surface area contributed by atoms with E-state index >= 15 is 0 Å². The average molecular weight is 271 g/mol. The first-order valence-corrected chi connectivity index (χ1v) is 7.26. The number of carbonyl (C=O) groups excluding carboxylic acids is 1. The van der Waals surface area contributed by atoms with Crippen LogP contribution >= 0.6 is 0 Å². The fourth-order valence-corrected chi connectivity index (χ4v) is 3.01. The number of anilines is 1. The lowest BCUT2D eigenvalue weighted by Crippen LogP contribution is -2.17. The number of aryl methyl sites for hydroxylation is 2. The van der Waals surface area contributed by atoms with Crippen molar-refractivity contribution in [3.8, 4) is 0 Å². The molecule has 1 aliphatic rings. The summed E-state index contributed by atoms with van der Waals surface area (Å²) in [4.78, 5) is 12.5. The molecule has 0 spiro atoms. The van der Waals surface area contributed by atoms with Crippen LogP contribution in [0.3, 0.4) is 0 Å². The maximum atomic E-state index is 12.5. The second-order valence-corrected chi connectivity index (χ2v) is 6.88. The van der Waals surface area contributed by atoms with Crippen LogP contribution in [0.25, 0.3) is 0 Å². The molecule has 2 nitrogen and oxygen atoms in total. The summed E-state index contributed by atoms with van der Waals surface area (Å²) in [6.07, 6.45) is 2.23. The Morgan fingerprint density at radius 1 is 1.25 bits per heavy atom. The van der Waals surface area contributed by atoms with Crippen molar-refractivity contribution in [2.75, 3.05) is 5.32 Å². The molecule has 0 unspecified atom stereocenters. The molecule has 1 aromatic rings. The van der Waals surface area contributed by atoms with Crippen molar-refractivity contribution in [2.24, 2.45) is 17.3 Å². The Morgan fingerprint density at radius 2 is 1.90 bits per heavy atom. The Labute approximate surface area is 122 Å². The molecular formula is C18H25NO. The van der Waals surface area contributed by atoms with Gasteiger partial charge in [0, 0.05) is 5.69 Å². The number of benzene rings is 1. The minimum absolute atomic E-state index is 0.0694. The third-order valence-electron chi connectivity index (χ3n) is 4.35. The smallest absolute Gasteiger partial charge is 0.228 e. The van der Waals surface area contributed by atoms with Gasteiger partial charge in [0.15, 0.2) is 0 Å². The number of allylic oxidation sites excluding steroid dienone is 2. The lowest BCUT2D eigenvalue weighted by atomic mass is 10.1. The molecule has 0 aromatic heterocycles. The molecule has 1 amide bonds. The Hall–Kier alpha value is -1.57. The fraction of sp³-hybridized carbons (Fsp3) is 0.500. The third-order valence-corrected chi connectivity index (χ3v) is 4.35. The molecule has 0 radical (unpaired) electrons. The van der Waals surface area contributed by atoms with Crippen LogP contribution in [0.15, 0.2) is 29.8 Å². The molecule has 1 fully saturated rings. The Balaban J connectivity index is 2.12. The van der Waals surface area contributed by atoms with Gasteiger partial charge in [-0.25, -0.2) is 0 Å². The fourth-order valence-electron chi connectivity index (χ4n) is 3.01. The highest BCUT2D eigenvalue weighted by atomic mass is 16.2. The van der Waals surface area contributed by atoms with Crippen LogP contribution in [-0.4, -0.2) is 5.91 Å². The van der Waals surface area contributed by atoms with Crippen molar-refractivity contribution >= 4 is 11.6 Å². The van der Waals surface area contributed by atoms with Gasteiger partial charge in [-0.2, -0.15) is 0 Å². The van der Waals surface area contributed by atoms with E-state index in [0.717, 1.165) is 11.3 Å². The molecule has 2 heteroatoms.